The molecule has 1 nitrogen and oxygen atoms in total. The van der Waals surface area contributed by atoms with Crippen molar-refractivity contribution in [1.82, 2.24) is 4.57 Å². The fourth-order valence-corrected chi connectivity index (χ4v) is 6.16. The Morgan fingerprint density at radius 1 is 0.625 bits per heavy atom. The Morgan fingerprint density at radius 2 is 1.34 bits per heavy atom. The van der Waals surface area contributed by atoms with Crippen LogP contribution >= 0.6 is 0 Å². The number of aromatic nitrogens is 1. The van der Waals surface area contributed by atoms with E-state index >= 15 is 0 Å². The number of para-hydroxylation sites is 2. The maximum absolute atomic E-state index is 2.52. The average Bonchev–Trinajstić information content (AvgIpc) is 3.36. The average molecular weight is 409 g/mol. The van der Waals surface area contributed by atoms with Crippen molar-refractivity contribution in [2.24, 2.45) is 0 Å². The summed E-state index contributed by atoms with van der Waals surface area (Å²) in [6.45, 7) is 0.407. The van der Waals surface area contributed by atoms with Crippen molar-refractivity contribution in [1.29, 1.82) is 0 Å². The smallest absolute Gasteiger partial charge is 0.238 e. The second-order valence-electron chi connectivity index (χ2n) is 9.20. The lowest BCUT2D eigenvalue weighted by molar-refractivity contribution is 0.734. The van der Waals surface area contributed by atoms with Gasteiger partial charge in [0, 0.05) is 16.5 Å². The number of fused-ring (bicyclic) bond motifs is 5. The van der Waals surface area contributed by atoms with Crippen LogP contribution in [-0.4, -0.2) is 11.3 Å². The molecule has 2 heterocycles. The molecule has 32 heavy (non-hydrogen) atoms. The van der Waals surface area contributed by atoms with Crippen molar-refractivity contribution in [3.8, 4) is 5.69 Å². The molecule has 0 atom stereocenters. The first-order chi connectivity index (χ1) is 15.9. The van der Waals surface area contributed by atoms with E-state index in [1.165, 1.54) is 69.7 Å². The Balaban J connectivity index is 1.57. The van der Waals surface area contributed by atoms with Gasteiger partial charge >= 0.3 is 0 Å². The summed E-state index contributed by atoms with van der Waals surface area (Å²) in [6, 6.07) is 35.8. The second-order valence-corrected chi connectivity index (χ2v) is 9.20. The van der Waals surface area contributed by atoms with Crippen LogP contribution in [0.5, 0.6) is 0 Å². The molecule has 152 valence electrons. The van der Waals surface area contributed by atoms with Crippen molar-refractivity contribution in [3.05, 3.63) is 108 Å². The maximum Gasteiger partial charge on any atom is 0.238 e. The molecule has 2 heteroatoms. The molecule has 4 aromatic carbocycles. The number of allylic oxidation sites excluding steroid dienone is 2. The van der Waals surface area contributed by atoms with E-state index in [9.17, 15) is 0 Å². The van der Waals surface area contributed by atoms with Crippen molar-refractivity contribution in [2.75, 3.05) is 0 Å². The summed E-state index contributed by atoms with van der Waals surface area (Å²) in [4.78, 5) is 0. The van der Waals surface area contributed by atoms with Gasteiger partial charge in [-0.05, 0) is 61.1 Å². The third kappa shape index (κ3) is 2.53. The lowest BCUT2D eigenvalue weighted by Crippen LogP contribution is -2.42. The number of hydrogen-bond donors (Lipinski definition) is 0. The van der Waals surface area contributed by atoms with Crippen LogP contribution in [0.1, 0.15) is 31.2 Å². The van der Waals surface area contributed by atoms with Crippen molar-refractivity contribution >= 4 is 45.0 Å². The third-order valence-electron chi connectivity index (χ3n) is 7.49. The van der Waals surface area contributed by atoms with E-state index in [4.69, 9.17) is 0 Å². The van der Waals surface area contributed by atoms with Crippen LogP contribution in [0.3, 0.4) is 0 Å². The van der Waals surface area contributed by atoms with E-state index in [1.54, 1.807) is 11.0 Å². The highest BCUT2D eigenvalue weighted by Crippen LogP contribution is 2.41. The van der Waals surface area contributed by atoms with E-state index < -0.39 is 0 Å². The standard InChI is InChI=1S/C30H24BN/c1-3-11-21(12-4-1)31-27-17-9-7-15-23(27)25-20-30-26(19-28(25)31)24-16-8-10-18-29(24)32(30)22-13-5-2-6-14-22/h1-6,8,10-14,16,18-20H,7,9,15,17H2. The van der Waals surface area contributed by atoms with Gasteiger partial charge in [0.2, 0.25) is 6.71 Å². The van der Waals surface area contributed by atoms with Gasteiger partial charge < -0.3 is 4.57 Å². The summed E-state index contributed by atoms with van der Waals surface area (Å²) in [5.74, 6) is 0. The van der Waals surface area contributed by atoms with E-state index in [-0.39, 0.29) is 0 Å². The molecule has 1 aliphatic carbocycles. The van der Waals surface area contributed by atoms with Gasteiger partial charge in [0.1, 0.15) is 0 Å². The van der Waals surface area contributed by atoms with Gasteiger partial charge in [0.05, 0.1) is 11.0 Å². The zero-order chi connectivity index (χ0) is 21.1. The molecule has 0 radical (unpaired) electrons. The first-order valence-corrected chi connectivity index (χ1v) is 11.8. The lowest BCUT2D eigenvalue weighted by atomic mass is 9.37. The van der Waals surface area contributed by atoms with Crippen LogP contribution in [0.15, 0.2) is 103 Å². The van der Waals surface area contributed by atoms with Gasteiger partial charge in [-0.1, -0.05) is 89.2 Å². The molecule has 0 saturated carbocycles. The molecule has 2 aliphatic rings. The third-order valence-corrected chi connectivity index (χ3v) is 7.49. The van der Waals surface area contributed by atoms with Crippen LogP contribution in [0.2, 0.25) is 0 Å². The van der Waals surface area contributed by atoms with E-state index in [0.29, 0.717) is 6.71 Å². The number of nitrogens with zero attached hydrogens (tertiary/aromatic N) is 1. The second kappa shape index (κ2) is 7.00. The zero-order valence-electron chi connectivity index (χ0n) is 18.1. The summed E-state index contributed by atoms with van der Waals surface area (Å²) in [7, 11) is 0. The molecule has 1 aliphatic heterocycles. The minimum absolute atomic E-state index is 0.407. The van der Waals surface area contributed by atoms with E-state index in [1.807, 2.05) is 0 Å². The summed E-state index contributed by atoms with van der Waals surface area (Å²) >= 11 is 0. The molecule has 7 rings (SSSR count). The van der Waals surface area contributed by atoms with Gasteiger partial charge in [-0.15, -0.1) is 0 Å². The first kappa shape index (κ1) is 18.1. The quantitative estimate of drug-likeness (QED) is 0.303. The van der Waals surface area contributed by atoms with Crippen molar-refractivity contribution in [3.63, 3.8) is 0 Å². The minimum Gasteiger partial charge on any atom is -0.309 e. The number of rotatable bonds is 2. The Labute approximate surface area is 189 Å². The predicted octanol–water partition coefficient (Wildman–Crippen LogP) is 6.27. The maximum atomic E-state index is 2.52. The molecule has 1 aromatic heterocycles. The Kier molecular flexibility index (Phi) is 3.96. The fraction of sp³-hybridized carbons (Fsp3) is 0.133. The Hall–Kier alpha value is -3.52. The molecular formula is C30H24BN. The summed E-state index contributed by atoms with van der Waals surface area (Å²) < 4.78 is 2.45. The molecular weight excluding hydrogens is 385 g/mol. The molecule has 0 spiro atoms. The highest BCUT2D eigenvalue weighted by atomic mass is 15.0. The van der Waals surface area contributed by atoms with Gasteiger partial charge in [0.15, 0.2) is 0 Å². The summed E-state index contributed by atoms with van der Waals surface area (Å²) in [6.07, 6.45) is 5.06. The first-order valence-electron chi connectivity index (χ1n) is 11.8. The zero-order valence-corrected chi connectivity index (χ0v) is 18.1. The van der Waals surface area contributed by atoms with E-state index in [2.05, 4.69) is 102 Å². The van der Waals surface area contributed by atoms with Crippen LogP contribution in [-0.2, 0) is 0 Å². The molecule has 5 aromatic rings. The Bertz CT molecular complexity index is 1510. The molecule has 0 N–H and O–H groups in total. The molecule has 0 amide bonds. The molecule has 0 bridgehead atoms. The number of hydrogen-bond acceptors (Lipinski definition) is 0. The molecule has 0 saturated heterocycles. The van der Waals surface area contributed by atoms with Crippen molar-refractivity contribution < 1.29 is 0 Å². The SMILES string of the molecule is c1ccc(B2C3=C(CCCC3)c3cc4c(cc32)c2ccccc2n4-c2ccccc2)cc1. The predicted molar refractivity (Wildman–Crippen MR) is 138 cm³/mol. The van der Waals surface area contributed by atoms with E-state index in [0.717, 1.165) is 0 Å². The largest absolute Gasteiger partial charge is 0.309 e. The summed E-state index contributed by atoms with van der Waals surface area (Å²) in [5.41, 5.74) is 11.6. The monoisotopic (exact) mass is 409 g/mol. The van der Waals surface area contributed by atoms with Crippen LogP contribution in [0, 0.1) is 0 Å². The highest BCUT2D eigenvalue weighted by Gasteiger charge is 2.37. The number of benzene rings is 4. The lowest BCUT2D eigenvalue weighted by Gasteiger charge is -2.18. The van der Waals surface area contributed by atoms with Gasteiger partial charge in [-0.2, -0.15) is 0 Å². The molecule has 0 unspecified atom stereocenters. The summed E-state index contributed by atoms with van der Waals surface area (Å²) in [5, 5.41) is 2.70. The minimum atomic E-state index is 0.407. The topological polar surface area (TPSA) is 4.93 Å². The molecule has 0 fully saturated rings. The fourth-order valence-electron chi connectivity index (χ4n) is 6.16. The van der Waals surface area contributed by atoms with Crippen LogP contribution in [0.25, 0.3) is 33.1 Å². The highest BCUT2D eigenvalue weighted by molar-refractivity contribution is 6.93. The van der Waals surface area contributed by atoms with Gasteiger partial charge in [-0.25, -0.2) is 0 Å². The normalized spacial score (nSPS) is 15.4. The van der Waals surface area contributed by atoms with Gasteiger partial charge in [-0.3, -0.25) is 0 Å². The van der Waals surface area contributed by atoms with Crippen molar-refractivity contribution in [2.45, 2.75) is 25.7 Å². The van der Waals surface area contributed by atoms with Crippen LogP contribution < -0.4 is 10.9 Å². The van der Waals surface area contributed by atoms with Gasteiger partial charge in [0.25, 0.3) is 0 Å². The Morgan fingerprint density at radius 3 is 2.19 bits per heavy atom. The van der Waals surface area contributed by atoms with Crippen LogP contribution in [0.4, 0.5) is 0 Å².